The number of aromatic amines is 1. The molecule has 1 aromatic heterocycles. The summed E-state index contributed by atoms with van der Waals surface area (Å²) >= 11 is 0. The Morgan fingerprint density at radius 2 is 2.11 bits per heavy atom. The molecule has 7 heteroatoms. The van der Waals surface area contributed by atoms with Crippen LogP contribution in [0.25, 0.3) is 0 Å². The van der Waals surface area contributed by atoms with Gasteiger partial charge in [-0.25, -0.2) is 0 Å². The first kappa shape index (κ1) is 21.3. The molecule has 2 aliphatic rings. The van der Waals surface area contributed by atoms with Crippen molar-refractivity contribution in [3.8, 4) is 0 Å². The van der Waals surface area contributed by atoms with E-state index in [9.17, 15) is 4.79 Å². The van der Waals surface area contributed by atoms with Crippen molar-refractivity contribution < 1.29 is 9.53 Å². The molecule has 1 saturated carbocycles. The number of rotatable bonds is 9. The molecular weight excluding hydrogens is 354 g/mol. The molecule has 3 atom stereocenters. The van der Waals surface area contributed by atoms with Gasteiger partial charge in [-0.05, 0) is 64.2 Å². The van der Waals surface area contributed by atoms with Gasteiger partial charge in [-0.3, -0.25) is 9.89 Å². The number of amides is 1. The standard InChI is InChI=1S/C21H37N5O2/c1-3-13-28-20-14-16(21(27)22-15-18-7-10-23-25-18)5-6-19(20)24-17-8-11-26(4-2)12-9-17/h7,10,16-17,19-20,24H,3-6,8-9,11-15H2,1-2H3,(H,22,27)(H,23,25)/t16-,19+,20+/m0/s1. The first-order valence-electron chi connectivity index (χ1n) is 11.1. The van der Waals surface area contributed by atoms with Crippen molar-refractivity contribution in [3.63, 3.8) is 0 Å². The van der Waals surface area contributed by atoms with E-state index >= 15 is 0 Å². The third kappa shape index (κ3) is 6.03. The summed E-state index contributed by atoms with van der Waals surface area (Å²) in [6.07, 6.45) is 7.99. The predicted molar refractivity (Wildman–Crippen MR) is 110 cm³/mol. The summed E-state index contributed by atoms with van der Waals surface area (Å²) in [7, 11) is 0. The highest BCUT2D eigenvalue weighted by molar-refractivity contribution is 5.78. The second-order valence-corrected chi connectivity index (χ2v) is 8.20. The molecule has 0 bridgehead atoms. The number of carbonyl (C=O) groups is 1. The Morgan fingerprint density at radius 3 is 2.79 bits per heavy atom. The van der Waals surface area contributed by atoms with Crippen molar-refractivity contribution in [3.05, 3.63) is 18.0 Å². The molecule has 0 unspecified atom stereocenters. The number of nitrogens with one attached hydrogen (secondary N) is 3. The van der Waals surface area contributed by atoms with E-state index in [1.54, 1.807) is 6.20 Å². The lowest BCUT2D eigenvalue weighted by molar-refractivity contribution is -0.128. The lowest BCUT2D eigenvalue weighted by atomic mass is 9.82. The van der Waals surface area contributed by atoms with Crippen LogP contribution in [0.3, 0.4) is 0 Å². The lowest BCUT2D eigenvalue weighted by Gasteiger charge is -2.40. The van der Waals surface area contributed by atoms with E-state index in [-0.39, 0.29) is 17.9 Å². The van der Waals surface area contributed by atoms with Gasteiger partial charge in [0.25, 0.3) is 0 Å². The molecule has 3 N–H and O–H groups in total. The van der Waals surface area contributed by atoms with Crippen molar-refractivity contribution >= 4 is 5.91 Å². The van der Waals surface area contributed by atoms with Gasteiger partial charge in [-0.15, -0.1) is 0 Å². The van der Waals surface area contributed by atoms with Crippen LogP contribution in [-0.2, 0) is 16.1 Å². The molecule has 2 fully saturated rings. The zero-order chi connectivity index (χ0) is 19.8. The Labute approximate surface area is 169 Å². The average molecular weight is 392 g/mol. The quantitative estimate of drug-likeness (QED) is 0.600. The predicted octanol–water partition coefficient (Wildman–Crippen LogP) is 2.06. The van der Waals surface area contributed by atoms with Crippen molar-refractivity contribution in [2.24, 2.45) is 5.92 Å². The molecule has 1 aliphatic carbocycles. The third-order valence-corrected chi connectivity index (χ3v) is 6.19. The Balaban J connectivity index is 1.49. The number of hydrogen-bond acceptors (Lipinski definition) is 5. The summed E-state index contributed by atoms with van der Waals surface area (Å²) in [6.45, 7) is 9.15. The van der Waals surface area contributed by atoms with Crippen LogP contribution in [0.4, 0.5) is 0 Å². The van der Waals surface area contributed by atoms with Crippen LogP contribution in [0.5, 0.6) is 0 Å². The highest BCUT2D eigenvalue weighted by Gasteiger charge is 2.35. The minimum atomic E-state index is 0.0322. The van der Waals surface area contributed by atoms with E-state index in [2.05, 4.69) is 39.6 Å². The fourth-order valence-corrected chi connectivity index (χ4v) is 4.44. The van der Waals surface area contributed by atoms with Crippen LogP contribution in [0.1, 0.15) is 58.1 Å². The van der Waals surface area contributed by atoms with Crippen LogP contribution >= 0.6 is 0 Å². The number of piperidine rings is 1. The monoisotopic (exact) mass is 391 g/mol. The topological polar surface area (TPSA) is 82.3 Å². The van der Waals surface area contributed by atoms with Gasteiger partial charge >= 0.3 is 0 Å². The number of H-pyrrole nitrogens is 1. The molecule has 1 aromatic rings. The second-order valence-electron chi connectivity index (χ2n) is 8.20. The smallest absolute Gasteiger partial charge is 0.223 e. The van der Waals surface area contributed by atoms with Gasteiger partial charge in [0.1, 0.15) is 0 Å². The number of hydrogen-bond donors (Lipinski definition) is 3. The fourth-order valence-electron chi connectivity index (χ4n) is 4.44. The molecule has 28 heavy (non-hydrogen) atoms. The van der Waals surface area contributed by atoms with Crippen LogP contribution in [0.2, 0.25) is 0 Å². The molecule has 0 radical (unpaired) electrons. The number of likely N-dealkylation sites (tertiary alicyclic amines) is 1. The van der Waals surface area contributed by atoms with E-state index in [0.717, 1.165) is 44.5 Å². The summed E-state index contributed by atoms with van der Waals surface area (Å²) in [5.74, 6) is 0.166. The summed E-state index contributed by atoms with van der Waals surface area (Å²) in [4.78, 5) is 15.2. The molecule has 7 nitrogen and oxygen atoms in total. The molecule has 1 saturated heterocycles. The summed E-state index contributed by atoms with van der Waals surface area (Å²) in [6, 6.07) is 2.82. The minimum Gasteiger partial charge on any atom is -0.377 e. The number of ether oxygens (including phenoxy) is 1. The number of carbonyl (C=O) groups excluding carboxylic acids is 1. The van der Waals surface area contributed by atoms with Gasteiger partial charge in [-0.2, -0.15) is 5.10 Å². The van der Waals surface area contributed by atoms with Crippen molar-refractivity contribution in [1.29, 1.82) is 0 Å². The minimum absolute atomic E-state index is 0.0322. The van der Waals surface area contributed by atoms with Crippen LogP contribution in [-0.4, -0.2) is 65.4 Å². The van der Waals surface area contributed by atoms with E-state index in [1.807, 2.05) is 6.07 Å². The first-order chi connectivity index (χ1) is 13.7. The number of aromatic nitrogens is 2. The van der Waals surface area contributed by atoms with Crippen LogP contribution in [0, 0.1) is 5.92 Å². The van der Waals surface area contributed by atoms with Crippen LogP contribution in [0.15, 0.2) is 12.3 Å². The first-order valence-corrected chi connectivity index (χ1v) is 11.1. The molecule has 0 spiro atoms. The van der Waals surface area contributed by atoms with Gasteiger partial charge in [0.05, 0.1) is 18.3 Å². The zero-order valence-corrected chi connectivity index (χ0v) is 17.5. The maximum atomic E-state index is 12.7. The molecule has 3 rings (SSSR count). The van der Waals surface area contributed by atoms with Crippen LogP contribution < -0.4 is 10.6 Å². The van der Waals surface area contributed by atoms with Gasteiger partial charge in [0, 0.05) is 30.8 Å². The van der Waals surface area contributed by atoms with Gasteiger partial charge in [0.15, 0.2) is 0 Å². The summed E-state index contributed by atoms with van der Waals surface area (Å²) < 4.78 is 6.19. The van der Waals surface area contributed by atoms with Gasteiger partial charge < -0.3 is 20.3 Å². The third-order valence-electron chi connectivity index (χ3n) is 6.19. The van der Waals surface area contributed by atoms with E-state index < -0.39 is 0 Å². The van der Waals surface area contributed by atoms with E-state index in [4.69, 9.17) is 4.74 Å². The molecule has 1 amide bonds. The molecule has 1 aliphatic heterocycles. The Hall–Kier alpha value is -1.44. The molecule has 2 heterocycles. The zero-order valence-electron chi connectivity index (χ0n) is 17.5. The fraction of sp³-hybridized carbons (Fsp3) is 0.810. The molecule has 0 aromatic carbocycles. The normalized spacial score (nSPS) is 27.0. The SMILES string of the molecule is CCCO[C@@H]1C[C@@H](C(=O)NCc2ccn[nH]2)CC[C@H]1NC1CCN(CC)CC1. The maximum absolute atomic E-state index is 12.7. The Morgan fingerprint density at radius 1 is 1.29 bits per heavy atom. The summed E-state index contributed by atoms with van der Waals surface area (Å²) in [5, 5.41) is 13.7. The lowest BCUT2D eigenvalue weighted by Crippen LogP contribution is -2.53. The van der Waals surface area contributed by atoms with Crippen molar-refractivity contribution in [2.45, 2.75) is 77.1 Å². The van der Waals surface area contributed by atoms with E-state index in [1.165, 1.54) is 25.9 Å². The molecule has 158 valence electrons. The summed E-state index contributed by atoms with van der Waals surface area (Å²) in [5.41, 5.74) is 0.931. The number of nitrogens with zero attached hydrogens (tertiary/aromatic N) is 2. The Bertz CT molecular complexity index is 571. The van der Waals surface area contributed by atoms with E-state index in [0.29, 0.717) is 18.6 Å². The highest BCUT2D eigenvalue weighted by Crippen LogP contribution is 2.28. The van der Waals surface area contributed by atoms with Gasteiger partial charge in [0.2, 0.25) is 5.91 Å². The largest absolute Gasteiger partial charge is 0.377 e. The second kappa shape index (κ2) is 10.9. The molecular formula is C21H37N5O2. The Kier molecular flexibility index (Phi) is 8.30. The average Bonchev–Trinajstić information content (AvgIpc) is 3.25. The van der Waals surface area contributed by atoms with Crippen molar-refractivity contribution in [2.75, 3.05) is 26.2 Å². The van der Waals surface area contributed by atoms with Crippen molar-refractivity contribution in [1.82, 2.24) is 25.7 Å². The highest BCUT2D eigenvalue weighted by atomic mass is 16.5. The maximum Gasteiger partial charge on any atom is 0.223 e. The van der Waals surface area contributed by atoms with Gasteiger partial charge in [-0.1, -0.05) is 13.8 Å².